The molecule has 0 unspecified atom stereocenters. The SMILES string of the molecule is O=C(Nc1ccccc1)Nc1ccc(S(=O)(=O)N2CCN(CCO)CC2)cc1. The molecule has 2 aromatic carbocycles. The minimum Gasteiger partial charge on any atom is -0.395 e. The Morgan fingerprint density at radius 3 is 2.04 bits per heavy atom. The van der Waals surface area contributed by atoms with E-state index in [9.17, 15) is 13.2 Å². The van der Waals surface area contributed by atoms with Gasteiger partial charge in [-0.25, -0.2) is 13.2 Å². The van der Waals surface area contributed by atoms with Gasteiger partial charge < -0.3 is 15.7 Å². The van der Waals surface area contributed by atoms with Crippen molar-refractivity contribution in [1.82, 2.24) is 9.21 Å². The number of carbonyl (C=O) groups is 1. The molecule has 1 fully saturated rings. The lowest BCUT2D eigenvalue weighted by molar-refractivity contribution is 0.151. The summed E-state index contributed by atoms with van der Waals surface area (Å²) in [6.07, 6.45) is 0. The van der Waals surface area contributed by atoms with E-state index in [0.29, 0.717) is 44.1 Å². The first-order valence-electron chi connectivity index (χ1n) is 9.05. The van der Waals surface area contributed by atoms with Crippen LogP contribution >= 0.6 is 0 Å². The molecule has 0 radical (unpaired) electrons. The molecule has 0 aliphatic carbocycles. The Kier molecular flexibility index (Phi) is 6.63. The van der Waals surface area contributed by atoms with Gasteiger partial charge in [0.15, 0.2) is 0 Å². The summed E-state index contributed by atoms with van der Waals surface area (Å²) in [5.74, 6) is 0. The molecule has 0 spiro atoms. The second-order valence-electron chi connectivity index (χ2n) is 6.44. The van der Waals surface area contributed by atoms with Gasteiger partial charge in [-0.3, -0.25) is 4.90 Å². The minimum absolute atomic E-state index is 0.0685. The molecule has 2 amide bonds. The van der Waals surface area contributed by atoms with Crippen LogP contribution in [0.1, 0.15) is 0 Å². The second-order valence-corrected chi connectivity index (χ2v) is 8.38. The van der Waals surface area contributed by atoms with Crippen LogP contribution in [-0.4, -0.2) is 68.1 Å². The van der Waals surface area contributed by atoms with Crippen molar-refractivity contribution in [2.75, 3.05) is 50.0 Å². The Bertz CT molecular complexity index is 880. The number of hydrogen-bond donors (Lipinski definition) is 3. The molecule has 1 aliphatic heterocycles. The van der Waals surface area contributed by atoms with Crippen molar-refractivity contribution < 1.29 is 18.3 Å². The van der Waals surface area contributed by atoms with E-state index < -0.39 is 16.1 Å². The molecule has 150 valence electrons. The number of β-amino-alcohol motifs (C(OH)–C–C–N with tert-alkyl or cyclic N) is 1. The van der Waals surface area contributed by atoms with E-state index in [4.69, 9.17) is 5.11 Å². The van der Waals surface area contributed by atoms with Gasteiger partial charge in [0.25, 0.3) is 0 Å². The van der Waals surface area contributed by atoms with Crippen LogP contribution < -0.4 is 10.6 Å². The number of sulfonamides is 1. The Balaban J connectivity index is 1.59. The smallest absolute Gasteiger partial charge is 0.323 e. The van der Waals surface area contributed by atoms with Crippen LogP contribution in [0.3, 0.4) is 0 Å². The molecular weight excluding hydrogens is 380 g/mol. The van der Waals surface area contributed by atoms with Crippen molar-refractivity contribution in [3.8, 4) is 0 Å². The lowest BCUT2D eigenvalue weighted by Crippen LogP contribution is -2.49. The third kappa shape index (κ3) is 5.08. The molecule has 3 rings (SSSR count). The number of nitrogens with zero attached hydrogens (tertiary/aromatic N) is 2. The highest BCUT2D eigenvalue weighted by molar-refractivity contribution is 7.89. The Morgan fingerprint density at radius 1 is 0.893 bits per heavy atom. The normalized spacial score (nSPS) is 15.9. The van der Waals surface area contributed by atoms with Crippen molar-refractivity contribution >= 4 is 27.4 Å². The summed E-state index contributed by atoms with van der Waals surface area (Å²) in [6, 6.07) is 14.8. The zero-order valence-corrected chi connectivity index (χ0v) is 16.2. The van der Waals surface area contributed by atoms with E-state index in [1.165, 1.54) is 16.4 Å². The number of anilines is 2. The average Bonchev–Trinajstić information content (AvgIpc) is 2.70. The van der Waals surface area contributed by atoms with Crippen molar-refractivity contribution in [3.05, 3.63) is 54.6 Å². The zero-order valence-electron chi connectivity index (χ0n) is 15.4. The van der Waals surface area contributed by atoms with Crippen molar-refractivity contribution in [3.63, 3.8) is 0 Å². The summed E-state index contributed by atoms with van der Waals surface area (Å²) in [5.41, 5.74) is 1.17. The minimum atomic E-state index is -3.58. The molecule has 1 aliphatic rings. The molecule has 1 heterocycles. The maximum absolute atomic E-state index is 12.8. The molecule has 1 saturated heterocycles. The third-order valence-corrected chi connectivity index (χ3v) is 6.44. The van der Waals surface area contributed by atoms with Crippen molar-refractivity contribution in [2.45, 2.75) is 4.90 Å². The zero-order chi connectivity index (χ0) is 20.0. The molecule has 2 aromatic rings. The summed E-state index contributed by atoms with van der Waals surface area (Å²) in [6.45, 7) is 2.60. The van der Waals surface area contributed by atoms with Crippen LogP contribution in [-0.2, 0) is 10.0 Å². The highest BCUT2D eigenvalue weighted by Crippen LogP contribution is 2.20. The van der Waals surface area contributed by atoms with Gasteiger partial charge in [0, 0.05) is 44.1 Å². The average molecular weight is 404 g/mol. The largest absolute Gasteiger partial charge is 0.395 e. The van der Waals surface area contributed by atoms with Gasteiger partial charge in [-0.05, 0) is 36.4 Å². The number of carbonyl (C=O) groups excluding carboxylic acids is 1. The molecule has 8 nitrogen and oxygen atoms in total. The predicted octanol–water partition coefficient (Wildman–Crippen LogP) is 1.63. The van der Waals surface area contributed by atoms with E-state index in [2.05, 4.69) is 10.6 Å². The van der Waals surface area contributed by atoms with E-state index in [0.717, 1.165) is 0 Å². The third-order valence-electron chi connectivity index (χ3n) is 4.53. The standard InChI is InChI=1S/C19H24N4O4S/c24-15-14-22-10-12-23(13-11-22)28(26,27)18-8-6-17(7-9-18)21-19(25)20-16-4-2-1-3-5-16/h1-9,24H,10-15H2,(H2,20,21,25). The summed E-state index contributed by atoms with van der Waals surface area (Å²) < 4.78 is 27.0. The number of piperazine rings is 1. The maximum Gasteiger partial charge on any atom is 0.323 e. The number of aliphatic hydroxyl groups is 1. The van der Waals surface area contributed by atoms with Crippen molar-refractivity contribution in [1.29, 1.82) is 0 Å². The second kappa shape index (κ2) is 9.16. The number of urea groups is 1. The number of benzene rings is 2. The molecule has 0 atom stereocenters. The van der Waals surface area contributed by atoms with Gasteiger partial charge in [0.2, 0.25) is 10.0 Å². The highest BCUT2D eigenvalue weighted by Gasteiger charge is 2.28. The van der Waals surface area contributed by atoms with Crippen LogP contribution in [0.4, 0.5) is 16.2 Å². The van der Waals surface area contributed by atoms with Gasteiger partial charge in [0.1, 0.15) is 0 Å². The lowest BCUT2D eigenvalue weighted by atomic mass is 10.3. The first kappa shape index (κ1) is 20.3. The number of nitrogens with one attached hydrogen (secondary N) is 2. The van der Waals surface area contributed by atoms with Gasteiger partial charge in [-0.2, -0.15) is 4.31 Å². The lowest BCUT2D eigenvalue weighted by Gasteiger charge is -2.33. The number of para-hydroxylation sites is 1. The number of hydrogen-bond acceptors (Lipinski definition) is 5. The molecule has 3 N–H and O–H groups in total. The number of rotatable bonds is 6. The topological polar surface area (TPSA) is 102 Å². The van der Waals surface area contributed by atoms with Gasteiger partial charge in [-0.1, -0.05) is 18.2 Å². The summed E-state index contributed by atoms with van der Waals surface area (Å²) in [4.78, 5) is 14.2. The van der Waals surface area contributed by atoms with Crippen LogP contribution in [0.15, 0.2) is 59.5 Å². The molecule has 9 heteroatoms. The van der Waals surface area contributed by atoms with E-state index in [-0.39, 0.29) is 11.5 Å². The highest BCUT2D eigenvalue weighted by atomic mass is 32.2. The molecule has 0 bridgehead atoms. The fourth-order valence-corrected chi connectivity index (χ4v) is 4.43. The Morgan fingerprint density at radius 2 is 1.46 bits per heavy atom. The van der Waals surface area contributed by atoms with Crippen LogP contribution in [0.25, 0.3) is 0 Å². The molecule has 28 heavy (non-hydrogen) atoms. The van der Waals surface area contributed by atoms with Gasteiger partial charge >= 0.3 is 6.03 Å². The van der Waals surface area contributed by atoms with Crippen LogP contribution in [0, 0.1) is 0 Å². The molecule has 0 aromatic heterocycles. The molecule has 0 saturated carbocycles. The first-order valence-corrected chi connectivity index (χ1v) is 10.5. The van der Waals surface area contributed by atoms with Gasteiger partial charge in [-0.15, -0.1) is 0 Å². The van der Waals surface area contributed by atoms with Crippen molar-refractivity contribution in [2.24, 2.45) is 0 Å². The first-order chi connectivity index (χ1) is 13.5. The number of amides is 2. The van der Waals surface area contributed by atoms with E-state index in [1.54, 1.807) is 24.3 Å². The van der Waals surface area contributed by atoms with E-state index >= 15 is 0 Å². The number of aliphatic hydroxyl groups excluding tert-OH is 1. The van der Waals surface area contributed by atoms with Crippen LogP contribution in [0.5, 0.6) is 0 Å². The Labute approximate surface area is 164 Å². The van der Waals surface area contributed by atoms with Gasteiger partial charge in [0.05, 0.1) is 11.5 Å². The maximum atomic E-state index is 12.8. The quantitative estimate of drug-likeness (QED) is 0.679. The predicted molar refractivity (Wildman–Crippen MR) is 108 cm³/mol. The fourth-order valence-electron chi connectivity index (χ4n) is 3.01. The molecular formula is C19H24N4O4S. The summed E-state index contributed by atoms with van der Waals surface area (Å²) >= 11 is 0. The summed E-state index contributed by atoms with van der Waals surface area (Å²) in [5, 5.41) is 14.4. The summed E-state index contributed by atoms with van der Waals surface area (Å²) in [7, 11) is -3.58. The monoisotopic (exact) mass is 404 g/mol. The fraction of sp³-hybridized carbons (Fsp3) is 0.316. The van der Waals surface area contributed by atoms with E-state index in [1.807, 2.05) is 23.1 Å². The Hall–Kier alpha value is -2.46. The van der Waals surface area contributed by atoms with Crippen LogP contribution in [0.2, 0.25) is 0 Å².